The van der Waals surface area contributed by atoms with Gasteiger partial charge in [0.1, 0.15) is 5.75 Å². The first-order valence-corrected chi connectivity index (χ1v) is 10.5. The zero-order valence-corrected chi connectivity index (χ0v) is 15.8. The van der Waals surface area contributed by atoms with Gasteiger partial charge in [0, 0.05) is 18.0 Å². The van der Waals surface area contributed by atoms with Crippen LogP contribution in [0.2, 0.25) is 0 Å². The second kappa shape index (κ2) is 6.65. The highest BCUT2D eigenvalue weighted by Gasteiger charge is 2.53. The van der Waals surface area contributed by atoms with E-state index in [9.17, 15) is 10.2 Å². The zero-order chi connectivity index (χ0) is 18.4. The first-order valence-electron chi connectivity index (χ1n) is 10.5. The molecule has 1 aliphatic heterocycles. The smallest absolute Gasteiger partial charge is 0.115 e. The van der Waals surface area contributed by atoms with Crippen molar-refractivity contribution in [2.75, 3.05) is 13.1 Å². The van der Waals surface area contributed by atoms with Gasteiger partial charge in [-0.25, -0.2) is 0 Å². The molecule has 2 N–H and O–H groups in total. The summed E-state index contributed by atoms with van der Waals surface area (Å²) in [6, 6.07) is 16.6. The van der Waals surface area contributed by atoms with Gasteiger partial charge in [0.25, 0.3) is 0 Å². The molecule has 0 aromatic heterocycles. The highest BCUT2D eigenvalue weighted by atomic mass is 16.3. The highest BCUT2D eigenvalue weighted by molar-refractivity contribution is 5.45. The van der Waals surface area contributed by atoms with Crippen molar-refractivity contribution in [2.24, 2.45) is 5.92 Å². The number of aliphatic hydroxyl groups is 1. The van der Waals surface area contributed by atoms with E-state index in [1.165, 1.54) is 36.8 Å². The molecule has 3 nitrogen and oxygen atoms in total. The minimum absolute atomic E-state index is 0.240. The Morgan fingerprint density at radius 1 is 1.07 bits per heavy atom. The van der Waals surface area contributed by atoms with Crippen molar-refractivity contribution < 1.29 is 10.2 Å². The number of hydrogen-bond acceptors (Lipinski definition) is 3. The summed E-state index contributed by atoms with van der Waals surface area (Å²) >= 11 is 0. The molecule has 0 radical (unpaired) electrons. The van der Waals surface area contributed by atoms with Gasteiger partial charge in [-0.3, -0.25) is 4.90 Å². The van der Waals surface area contributed by atoms with Crippen LogP contribution in [0.25, 0.3) is 0 Å². The van der Waals surface area contributed by atoms with Crippen LogP contribution in [-0.2, 0) is 11.8 Å². The monoisotopic (exact) mass is 363 g/mol. The van der Waals surface area contributed by atoms with E-state index in [1.54, 1.807) is 0 Å². The Labute approximate surface area is 161 Å². The van der Waals surface area contributed by atoms with Crippen LogP contribution in [0.4, 0.5) is 0 Å². The van der Waals surface area contributed by atoms with Crippen LogP contribution in [0, 0.1) is 5.92 Å². The van der Waals surface area contributed by atoms with E-state index in [1.807, 2.05) is 36.4 Å². The Morgan fingerprint density at radius 2 is 1.93 bits per heavy atom. The van der Waals surface area contributed by atoms with Crippen molar-refractivity contribution in [1.82, 2.24) is 4.90 Å². The molecule has 142 valence electrons. The Balaban J connectivity index is 1.47. The Kier molecular flexibility index (Phi) is 4.25. The summed E-state index contributed by atoms with van der Waals surface area (Å²) in [4.78, 5) is 2.56. The molecule has 5 rings (SSSR count). The number of piperidine rings is 1. The van der Waals surface area contributed by atoms with Crippen LogP contribution >= 0.6 is 0 Å². The van der Waals surface area contributed by atoms with Crippen LogP contribution < -0.4 is 0 Å². The average molecular weight is 364 g/mol. The topological polar surface area (TPSA) is 43.7 Å². The molecule has 1 saturated heterocycles. The van der Waals surface area contributed by atoms with Gasteiger partial charge in [-0.05, 0) is 67.0 Å². The Hall–Kier alpha value is -1.84. The normalized spacial score (nSPS) is 31.0. The second-order valence-electron chi connectivity index (χ2n) is 8.79. The number of aromatic hydroxyl groups is 1. The molecule has 2 bridgehead atoms. The lowest BCUT2D eigenvalue weighted by Crippen LogP contribution is -2.61. The van der Waals surface area contributed by atoms with E-state index in [-0.39, 0.29) is 5.41 Å². The molecule has 0 spiro atoms. The van der Waals surface area contributed by atoms with E-state index in [0.29, 0.717) is 24.3 Å². The summed E-state index contributed by atoms with van der Waals surface area (Å²) in [5.74, 6) is 1.06. The van der Waals surface area contributed by atoms with Crippen LogP contribution in [0.5, 0.6) is 5.75 Å². The SMILES string of the molecule is Oc1ccc2c(c1)[C@]13CCCC[C@H]1[C@@H](C2)N(CC(O)c1ccccc1)CC3. The third-order valence-corrected chi connectivity index (χ3v) is 7.53. The van der Waals surface area contributed by atoms with Crippen molar-refractivity contribution in [1.29, 1.82) is 0 Å². The molecule has 2 aromatic rings. The van der Waals surface area contributed by atoms with Gasteiger partial charge < -0.3 is 10.2 Å². The lowest BCUT2D eigenvalue weighted by Gasteiger charge is -2.59. The third kappa shape index (κ3) is 2.79. The maximum Gasteiger partial charge on any atom is 0.115 e. The number of phenolic OH excluding ortho intramolecular Hbond substituents is 1. The second-order valence-corrected chi connectivity index (χ2v) is 8.79. The largest absolute Gasteiger partial charge is 0.508 e. The number of hydrogen-bond donors (Lipinski definition) is 2. The van der Waals surface area contributed by atoms with Crippen molar-refractivity contribution in [3.8, 4) is 5.75 Å². The molecule has 27 heavy (non-hydrogen) atoms. The fourth-order valence-electron chi connectivity index (χ4n) is 6.30. The molecule has 3 heteroatoms. The number of phenols is 1. The van der Waals surface area contributed by atoms with Gasteiger partial charge >= 0.3 is 0 Å². The third-order valence-electron chi connectivity index (χ3n) is 7.53. The fraction of sp³-hybridized carbons (Fsp3) is 0.500. The van der Waals surface area contributed by atoms with Gasteiger partial charge in [0.15, 0.2) is 0 Å². The number of rotatable bonds is 3. The van der Waals surface area contributed by atoms with Crippen LogP contribution in [0.1, 0.15) is 54.9 Å². The first-order chi connectivity index (χ1) is 13.2. The quantitative estimate of drug-likeness (QED) is 0.860. The number of benzene rings is 2. The lowest BCUT2D eigenvalue weighted by atomic mass is 9.52. The van der Waals surface area contributed by atoms with Gasteiger partial charge in [-0.15, -0.1) is 0 Å². The van der Waals surface area contributed by atoms with E-state index in [0.717, 1.165) is 24.9 Å². The highest BCUT2D eigenvalue weighted by Crippen LogP contribution is 2.56. The number of β-amino-alcohol motifs (C(OH)–C–C–N with tert-alkyl or cyclic N) is 1. The van der Waals surface area contributed by atoms with Gasteiger partial charge in [0.2, 0.25) is 0 Å². The molecule has 1 heterocycles. The van der Waals surface area contributed by atoms with Crippen molar-refractivity contribution in [3.05, 3.63) is 65.2 Å². The molecule has 2 aliphatic carbocycles. The van der Waals surface area contributed by atoms with Crippen LogP contribution in [0.3, 0.4) is 0 Å². The van der Waals surface area contributed by atoms with Crippen LogP contribution in [-0.4, -0.2) is 34.2 Å². The van der Waals surface area contributed by atoms with E-state index in [4.69, 9.17) is 0 Å². The number of fused-ring (bicyclic) bond motifs is 1. The number of likely N-dealkylation sites (tertiary alicyclic amines) is 1. The predicted octanol–water partition coefficient (Wildman–Crippen LogP) is 4.18. The maximum atomic E-state index is 10.8. The summed E-state index contributed by atoms with van der Waals surface area (Å²) in [7, 11) is 0. The molecular weight excluding hydrogens is 334 g/mol. The van der Waals surface area contributed by atoms with Crippen molar-refractivity contribution >= 4 is 0 Å². The summed E-state index contributed by atoms with van der Waals surface area (Å²) in [5, 5.41) is 20.9. The standard InChI is InChI=1S/C24H29NO2/c26-19-10-9-18-14-22-20-8-4-5-11-24(20,21(18)15-19)12-13-25(22)16-23(27)17-6-2-1-3-7-17/h1-3,6-7,9-10,15,20,22-23,26-27H,4-5,8,11-14,16H2/t20-,22+,23?,24-/m0/s1. The average Bonchev–Trinajstić information content (AvgIpc) is 2.71. The van der Waals surface area contributed by atoms with E-state index >= 15 is 0 Å². The summed E-state index contributed by atoms with van der Waals surface area (Å²) in [5.41, 5.74) is 4.09. The molecule has 2 fully saturated rings. The Bertz CT molecular complexity index is 820. The summed E-state index contributed by atoms with van der Waals surface area (Å²) < 4.78 is 0. The Morgan fingerprint density at radius 3 is 2.78 bits per heavy atom. The molecule has 1 unspecified atom stereocenters. The van der Waals surface area contributed by atoms with E-state index in [2.05, 4.69) is 17.0 Å². The van der Waals surface area contributed by atoms with E-state index < -0.39 is 6.10 Å². The minimum atomic E-state index is -0.427. The van der Waals surface area contributed by atoms with Gasteiger partial charge in [0.05, 0.1) is 6.10 Å². The molecule has 4 atom stereocenters. The first kappa shape index (κ1) is 17.3. The van der Waals surface area contributed by atoms with Crippen LogP contribution in [0.15, 0.2) is 48.5 Å². The minimum Gasteiger partial charge on any atom is -0.508 e. The zero-order valence-electron chi connectivity index (χ0n) is 15.8. The van der Waals surface area contributed by atoms with Crippen molar-refractivity contribution in [2.45, 2.75) is 56.1 Å². The molecule has 1 saturated carbocycles. The predicted molar refractivity (Wildman–Crippen MR) is 107 cm³/mol. The van der Waals surface area contributed by atoms with Gasteiger partial charge in [-0.2, -0.15) is 0 Å². The molecule has 3 aliphatic rings. The van der Waals surface area contributed by atoms with Crippen molar-refractivity contribution in [3.63, 3.8) is 0 Å². The summed E-state index contributed by atoms with van der Waals surface area (Å²) in [6.07, 6.45) is 6.90. The molecule has 0 amide bonds. The maximum absolute atomic E-state index is 10.8. The molecule has 2 aromatic carbocycles. The number of aliphatic hydroxyl groups excluding tert-OH is 1. The summed E-state index contributed by atoms with van der Waals surface area (Å²) in [6.45, 7) is 1.76. The lowest BCUT2D eigenvalue weighted by molar-refractivity contribution is -0.0311. The number of nitrogens with zero attached hydrogens (tertiary/aromatic N) is 1. The fourth-order valence-corrected chi connectivity index (χ4v) is 6.30. The molecular formula is C24H29NO2. The van der Waals surface area contributed by atoms with Gasteiger partial charge in [-0.1, -0.05) is 49.2 Å².